The standard InChI is InChI=1S/C20H17N3O2/c1-11-6-4-8-14-16(11)22(3)18(24)20(14)15-9-5-7-13-10-12(2)23(17(13)15)19(25)21-20/h4-10H,1-3H3,(H,21,25). The monoisotopic (exact) mass is 331 g/mol. The SMILES string of the molecule is Cc1cccc2c1N(C)C(=O)C21NC(=O)n2c(C)cc3cccc1c32. The van der Waals surface area contributed by atoms with E-state index in [0.717, 1.165) is 39.0 Å². The highest BCUT2D eigenvalue weighted by Gasteiger charge is 2.55. The Kier molecular flexibility index (Phi) is 2.46. The summed E-state index contributed by atoms with van der Waals surface area (Å²) in [6.45, 7) is 3.89. The molecule has 1 spiro atoms. The third kappa shape index (κ3) is 1.45. The van der Waals surface area contributed by atoms with E-state index in [0.29, 0.717) is 0 Å². The first-order valence-corrected chi connectivity index (χ1v) is 8.29. The lowest BCUT2D eigenvalue weighted by molar-refractivity contribution is -0.122. The number of carbonyl (C=O) groups is 2. The number of aromatic nitrogens is 1. The van der Waals surface area contributed by atoms with Crippen LogP contribution in [0.3, 0.4) is 0 Å². The van der Waals surface area contributed by atoms with Gasteiger partial charge in [0.25, 0.3) is 5.91 Å². The van der Waals surface area contributed by atoms with Gasteiger partial charge in [-0.2, -0.15) is 0 Å². The molecular formula is C20H17N3O2. The predicted molar refractivity (Wildman–Crippen MR) is 96.0 cm³/mol. The molecule has 2 amide bonds. The number of benzene rings is 2. The molecule has 2 aromatic carbocycles. The van der Waals surface area contributed by atoms with Gasteiger partial charge in [-0.3, -0.25) is 9.36 Å². The largest absolute Gasteiger partial charge is 0.327 e. The Morgan fingerprint density at radius 2 is 1.72 bits per heavy atom. The summed E-state index contributed by atoms with van der Waals surface area (Å²) in [6, 6.07) is 13.5. The number of likely N-dealkylation sites (N-methyl/N-ethyl adjacent to an activating group) is 1. The maximum atomic E-state index is 13.4. The number of amides is 2. The van der Waals surface area contributed by atoms with Crippen molar-refractivity contribution in [2.75, 3.05) is 11.9 Å². The molecular weight excluding hydrogens is 314 g/mol. The van der Waals surface area contributed by atoms with Crippen LogP contribution in [0.4, 0.5) is 10.5 Å². The number of anilines is 1. The van der Waals surface area contributed by atoms with Crippen LogP contribution in [0.15, 0.2) is 42.5 Å². The lowest BCUT2D eigenvalue weighted by Crippen LogP contribution is -2.56. The summed E-state index contributed by atoms with van der Waals surface area (Å²) in [5, 5.41) is 4.00. The number of fused-ring (bicyclic) bond motifs is 3. The fourth-order valence-corrected chi connectivity index (χ4v) is 4.50. The normalized spacial score (nSPS) is 21.2. The number of para-hydroxylation sites is 2. The number of nitrogens with one attached hydrogen (secondary N) is 1. The molecule has 0 saturated carbocycles. The molecule has 0 saturated heterocycles. The number of hydrogen-bond donors (Lipinski definition) is 1. The second-order valence-electron chi connectivity index (χ2n) is 6.88. The van der Waals surface area contributed by atoms with Crippen molar-refractivity contribution in [1.82, 2.24) is 9.88 Å². The molecule has 1 unspecified atom stereocenters. The lowest BCUT2D eigenvalue weighted by Gasteiger charge is -2.35. The number of hydrogen-bond acceptors (Lipinski definition) is 2. The van der Waals surface area contributed by atoms with Gasteiger partial charge in [-0.1, -0.05) is 36.4 Å². The van der Waals surface area contributed by atoms with E-state index in [1.165, 1.54) is 0 Å². The molecule has 0 bridgehead atoms. The molecule has 2 aliphatic rings. The van der Waals surface area contributed by atoms with E-state index in [9.17, 15) is 9.59 Å². The van der Waals surface area contributed by atoms with Crippen molar-refractivity contribution in [3.63, 3.8) is 0 Å². The van der Waals surface area contributed by atoms with Gasteiger partial charge >= 0.3 is 6.03 Å². The molecule has 3 heterocycles. The molecule has 1 atom stereocenters. The highest BCUT2D eigenvalue weighted by molar-refractivity contribution is 6.16. The minimum atomic E-state index is -1.16. The van der Waals surface area contributed by atoms with E-state index < -0.39 is 5.54 Å². The van der Waals surface area contributed by atoms with Crippen molar-refractivity contribution in [2.24, 2.45) is 0 Å². The average molecular weight is 331 g/mol. The summed E-state index contributed by atoms with van der Waals surface area (Å²) in [7, 11) is 1.77. The molecule has 5 heteroatoms. The van der Waals surface area contributed by atoms with Crippen LogP contribution in [-0.4, -0.2) is 23.6 Å². The van der Waals surface area contributed by atoms with E-state index in [2.05, 4.69) is 5.32 Å². The summed E-state index contributed by atoms with van der Waals surface area (Å²) >= 11 is 0. The zero-order valence-electron chi connectivity index (χ0n) is 14.3. The molecule has 3 aromatic rings. The van der Waals surface area contributed by atoms with Crippen molar-refractivity contribution in [1.29, 1.82) is 0 Å². The second kappa shape index (κ2) is 4.30. The van der Waals surface area contributed by atoms with Crippen LogP contribution in [-0.2, 0) is 10.3 Å². The fourth-order valence-electron chi connectivity index (χ4n) is 4.50. The van der Waals surface area contributed by atoms with Gasteiger partial charge in [0.15, 0.2) is 5.54 Å². The average Bonchev–Trinajstić information content (AvgIpc) is 3.03. The summed E-state index contributed by atoms with van der Waals surface area (Å²) < 4.78 is 1.66. The van der Waals surface area contributed by atoms with Crippen molar-refractivity contribution in [3.05, 3.63) is 64.8 Å². The van der Waals surface area contributed by atoms with E-state index in [1.54, 1.807) is 16.5 Å². The van der Waals surface area contributed by atoms with Crippen LogP contribution >= 0.6 is 0 Å². The Balaban J connectivity index is 1.97. The maximum Gasteiger partial charge on any atom is 0.327 e. The third-order valence-electron chi connectivity index (χ3n) is 5.51. The van der Waals surface area contributed by atoms with Gasteiger partial charge < -0.3 is 10.2 Å². The Morgan fingerprint density at radius 3 is 2.52 bits per heavy atom. The number of nitrogens with zero attached hydrogens (tertiary/aromatic N) is 2. The van der Waals surface area contributed by atoms with Crippen LogP contribution in [0, 0.1) is 13.8 Å². The van der Waals surface area contributed by atoms with Crippen molar-refractivity contribution in [3.8, 4) is 0 Å². The maximum absolute atomic E-state index is 13.4. The van der Waals surface area contributed by atoms with Crippen molar-refractivity contribution < 1.29 is 9.59 Å². The quantitative estimate of drug-likeness (QED) is 0.688. The smallest absolute Gasteiger partial charge is 0.315 e. The molecule has 5 rings (SSSR count). The number of rotatable bonds is 0. The van der Waals surface area contributed by atoms with Crippen LogP contribution in [0.5, 0.6) is 0 Å². The third-order valence-corrected chi connectivity index (χ3v) is 5.51. The zero-order valence-corrected chi connectivity index (χ0v) is 14.3. The number of aryl methyl sites for hydroxylation is 2. The van der Waals surface area contributed by atoms with Crippen LogP contribution in [0.2, 0.25) is 0 Å². The fraction of sp³-hybridized carbons (Fsp3) is 0.200. The van der Waals surface area contributed by atoms with Gasteiger partial charge in [0.05, 0.1) is 11.2 Å². The number of carbonyl (C=O) groups excluding carboxylic acids is 2. The minimum Gasteiger partial charge on any atom is -0.315 e. The summed E-state index contributed by atoms with van der Waals surface area (Å²) in [5.74, 6) is -0.122. The van der Waals surface area contributed by atoms with Gasteiger partial charge in [0.1, 0.15) is 0 Å². The molecule has 0 fully saturated rings. The summed E-state index contributed by atoms with van der Waals surface area (Å²) in [6.07, 6.45) is 0. The van der Waals surface area contributed by atoms with Gasteiger partial charge in [-0.05, 0) is 25.5 Å². The first-order chi connectivity index (χ1) is 12.0. The zero-order chi connectivity index (χ0) is 17.5. The first-order valence-electron chi connectivity index (χ1n) is 8.29. The Hall–Kier alpha value is -3.08. The Labute approximate surface area is 144 Å². The van der Waals surface area contributed by atoms with Gasteiger partial charge in [0, 0.05) is 29.3 Å². The van der Waals surface area contributed by atoms with Gasteiger partial charge in [-0.15, -0.1) is 0 Å². The van der Waals surface area contributed by atoms with E-state index >= 15 is 0 Å². The highest BCUT2D eigenvalue weighted by atomic mass is 16.2. The Morgan fingerprint density at radius 1 is 1.00 bits per heavy atom. The molecule has 25 heavy (non-hydrogen) atoms. The Bertz CT molecular complexity index is 1110. The molecule has 1 N–H and O–H groups in total. The lowest BCUT2D eigenvalue weighted by atomic mass is 9.81. The summed E-state index contributed by atoms with van der Waals surface area (Å²) in [5.41, 5.74) is 4.08. The highest BCUT2D eigenvalue weighted by Crippen LogP contribution is 2.48. The van der Waals surface area contributed by atoms with Crippen LogP contribution in [0.1, 0.15) is 22.4 Å². The molecule has 0 radical (unpaired) electrons. The first kappa shape index (κ1) is 14.3. The van der Waals surface area contributed by atoms with Gasteiger partial charge in [0.2, 0.25) is 0 Å². The molecule has 0 aliphatic carbocycles. The molecule has 2 aliphatic heterocycles. The second-order valence-corrected chi connectivity index (χ2v) is 6.88. The minimum absolute atomic E-state index is 0.122. The van der Waals surface area contributed by atoms with E-state index in [1.807, 2.05) is 56.3 Å². The van der Waals surface area contributed by atoms with E-state index in [-0.39, 0.29) is 11.9 Å². The molecule has 124 valence electrons. The van der Waals surface area contributed by atoms with E-state index in [4.69, 9.17) is 0 Å². The van der Waals surface area contributed by atoms with Crippen LogP contribution in [0.25, 0.3) is 10.9 Å². The predicted octanol–water partition coefficient (Wildman–Crippen LogP) is 3.05. The van der Waals surface area contributed by atoms with Crippen LogP contribution < -0.4 is 10.2 Å². The van der Waals surface area contributed by atoms with Crippen molar-refractivity contribution >= 4 is 28.5 Å². The molecule has 5 nitrogen and oxygen atoms in total. The topological polar surface area (TPSA) is 54.3 Å². The summed E-state index contributed by atoms with van der Waals surface area (Å²) in [4.78, 5) is 28.0. The molecule has 1 aromatic heterocycles. The van der Waals surface area contributed by atoms with Crippen molar-refractivity contribution in [2.45, 2.75) is 19.4 Å². The van der Waals surface area contributed by atoms with Gasteiger partial charge in [-0.25, -0.2) is 4.79 Å².